The summed E-state index contributed by atoms with van der Waals surface area (Å²) in [5, 5.41) is 21.0. The average Bonchev–Trinajstić information content (AvgIpc) is 3.05. The first-order valence-corrected chi connectivity index (χ1v) is 19.5. The molecule has 0 rings (SSSR count). The zero-order valence-electron chi connectivity index (χ0n) is 32.5. The van der Waals surface area contributed by atoms with Crippen molar-refractivity contribution < 1.29 is 43.4 Å². The fourth-order valence-corrected chi connectivity index (χ4v) is 6.04. The Balaban J connectivity index is 7.80. The third-order valence-electron chi connectivity index (χ3n) is 8.50. The monoisotopic (exact) mass is 692 g/mol. The van der Waals surface area contributed by atoms with Crippen molar-refractivity contribution in [2.24, 2.45) is 5.73 Å². The molecule has 0 radical (unpaired) electrons. The molecular formula is C38H77NO9. The van der Waals surface area contributed by atoms with Gasteiger partial charge in [0.1, 0.15) is 0 Å². The lowest BCUT2D eigenvalue weighted by Crippen LogP contribution is -2.78. The maximum atomic E-state index is 14.3. The Morgan fingerprint density at radius 2 is 1.00 bits per heavy atom. The first kappa shape index (κ1) is 47.1. The molecule has 0 bridgehead atoms. The van der Waals surface area contributed by atoms with E-state index in [-0.39, 0.29) is 26.1 Å². The summed E-state index contributed by atoms with van der Waals surface area (Å²) in [5.41, 5.74) is 6.44. The number of rotatable bonds is 34. The Labute approximate surface area is 294 Å². The molecule has 6 unspecified atom stereocenters. The van der Waals surface area contributed by atoms with Gasteiger partial charge in [0.15, 0.2) is 0 Å². The Morgan fingerprint density at radius 1 is 0.583 bits per heavy atom. The zero-order chi connectivity index (χ0) is 36.5. The molecule has 0 aliphatic rings. The molecule has 1 amide bonds. The van der Waals surface area contributed by atoms with Gasteiger partial charge in [0.25, 0.3) is 11.7 Å². The normalized spacial score (nSPS) is 17.4. The summed E-state index contributed by atoms with van der Waals surface area (Å²) in [6.07, 6.45) is 10.3. The fraction of sp³-hybridized carbons (Fsp3) is 0.974. The van der Waals surface area contributed by atoms with Crippen LogP contribution in [0.5, 0.6) is 0 Å². The van der Waals surface area contributed by atoms with E-state index in [1.807, 2.05) is 41.5 Å². The molecule has 0 spiro atoms. The summed E-state index contributed by atoms with van der Waals surface area (Å²) in [5.74, 6) is -7.07. The Hall–Kier alpha value is -0.850. The van der Waals surface area contributed by atoms with Crippen molar-refractivity contribution in [3.63, 3.8) is 0 Å². The molecule has 0 fully saturated rings. The maximum Gasteiger partial charge on any atom is 0.311 e. The number of hydrogen-bond donors (Lipinski definition) is 3. The average molecular weight is 692 g/mol. The van der Waals surface area contributed by atoms with Gasteiger partial charge in [-0.15, -0.1) is 0 Å². The summed E-state index contributed by atoms with van der Waals surface area (Å²) in [4.78, 5) is 14.3. The highest BCUT2D eigenvalue weighted by Gasteiger charge is 2.74. The van der Waals surface area contributed by atoms with E-state index in [1.54, 1.807) is 13.8 Å². The van der Waals surface area contributed by atoms with Crippen LogP contribution in [0.15, 0.2) is 0 Å². The van der Waals surface area contributed by atoms with E-state index in [4.69, 9.17) is 34.2 Å². The molecule has 4 N–H and O–H groups in total. The summed E-state index contributed by atoms with van der Waals surface area (Å²) >= 11 is 0. The molecule has 0 aromatic carbocycles. The highest BCUT2D eigenvalue weighted by molar-refractivity contribution is 5.83. The van der Waals surface area contributed by atoms with Gasteiger partial charge in [0, 0.05) is 19.6 Å². The number of aliphatic hydroxyl groups excluding tert-OH is 2. The van der Waals surface area contributed by atoms with Crippen molar-refractivity contribution in [2.45, 2.75) is 213 Å². The van der Waals surface area contributed by atoms with Crippen LogP contribution in [0.25, 0.3) is 0 Å². The number of nitrogens with two attached hydrogens (primary N) is 1. The van der Waals surface area contributed by atoms with Crippen molar-refractivity contribution in [2.75, 3.05) is 26.4 Å². The van der Waals surface area contributed by atoms with Crippen LogP contribution in [-0.2, 0) is 33.2 Å². The molecule has 288 valence electrons. The van der Waals surface area contributed by atoms with E-state index in [0.29, 0.717) is 64.6 Å². The molecule has 10 nitrogen and oxygen atoms in total. The quantitative estimate of drug-likeness (QED) is 0.0453. The second-order valence-corrected chi connectivity index (χ2v) is 13.4. The van der Waals surface area contributed by atoms with Crippen molar-refractivity contribution in [1.82, 2.24) is 0 Å². The zero-order valence-corrected chi connectivity index (χ0v) is 32.5. The predicted octanol–water partition coefficient (Wildman–Crippen LogP) is 7.93. The molecule has 0 aliphatic heterocycles. The minimum atomic E-state index is -2.33. The molecule has 0 aromatic heterocycles. The molecule has 0 saturated carbocycles. The second-order valence-electron chi connectivity index (χ2n) is 13.4. The van der Waals surface area contributed by atoms with Gasteiger partial charge >= 0.3 is 5.79 Å². The number of carbonyl (C=O) groups excluding carboxylic acids is 1. The van der Waals surface area contributed by atoms with E-state index in [1.165, 1.54) is 25.7 Å². The lowest BCUT2D eigenvalue weighted by molar-refractivity contribution is -0.496. The number of carbonyl (C=O) groups is 1. The van der Waals surface area contributed by atoms with Gasteiger partial charge in [0.2, 0.25) is 5.79 Å². The lowest BCUT2D eigenvalue weighted by Gasteiger charge is -2.56. The summed E-state index contributed by atoms with van der Waals surface area (Å²) in [6.45, 7) is 18.3. The lowest BCUT2D eigenvalue weighted by atomic mass is 9.87. The van der Waals surface area contributed by atoms with E-state index in [0.717, 1.165) is 19.3 Å². The molecule has 0 aromatic rings. The van der Waals surface area contributed by atoms with Crippen LogP contribution in [0.4, 0.5) is 0 Å². The number of primary amides is 1. The molecule has 10 heteroatoms. The summed E-state index contributed by atoms with van der Waals surface area (Å²) in [7, 11) is 0. The summed E-state index contributed by atoms with van der Waals surface area (Å²) < 4.78 is 41.0. The number of ether oxygens (including phenoxy) is 6. The third-order valence-corrected chi connectivity index (χ3v) is 8.50. The van der Waals surface area contributed by atoms with Crippen LogP contribution in [-0.4, -0.2) is 84.3 Å². The van der Waals surface area contributed by atoms with E-state index < -0.39 is 47.7 Å². The first-order chi connectivity index (χ1) is 22.9. The molecular weight excluding hydrogens is 614 g/mol. The van der Waals surface area contributed by atoms with Gasteiger partial charge in [-0.3, -0.25) is 4.79 Å². The van der Waals surface area contributed by atoms with Gasteiger partial charge < -0.3 is 44.4 Å². The molecule has 0 aliphatic carbocycles. The maximum absolute atomic E-state index is 14.3. The van der Waals surface area contributed by atoms with Crippen LogP contribution >= 0.6 is 0 Å². The number of hydrogen-bond acceptors (Lipinski definition) is 9. The van der Waals surface area contributed by atoms with Crippen LogP contribution in [0.2, 0.25) is 0 Å². The molecule has 0 heterocycles. The molecule has 48 heavy (non-hydrogen) atoms. The van der Waals surface area contributed by atoms with E-state index >= 15 is 0 Å². The van der Waals surface area contributed by atoms with Crippen LogP contribution in [0, 0.1) is 0 Å². The van der Waals surface area contributed by atoms with Crippen LogP contribution in [0.1, 0.15) is 171 Å². The smallest absolute Gasteiger partial charge is 0.311 e. The predicted molar refractivity (Wildman–Crippen MR) is 193 cm³/mol. The van der Waals surface area contributed by atoms with Crippen molar-refractivity contribution in [1.29, 1.82) is 0 Å². The van der Waals surface area contributed by atoms with Gasteiger partial charge in [-0.05, 0) is 71.6 Å². The van der Waals surface area contributed by atoms with Gasteiger partial charge in [-0.2, -0.15) is 0 Å². The standard InChI is InChI=1S/C38H77NO9/c1-10-17-18-19-20-21-22-23-24-36(43-25-11-2,44-26-12-3)38(46-28-14-5,48-34(16-7)30-32(9)41)37(35(39)42,45-27-13-4)47-33(15-6)29-31(8)40/h31-34,40-41H,10-30H2,1-9H3,(H2,39,42). The Bertz CT molecular complexity index is 775. The van der Waals surface area contributed by atoms with Crippen LogP contribution < -0.4 is 5.73 Å². The number of aliphatic hydroxyl groups is 2. The first-order valence-electron chi connectivity index (χ1n) is 19.5. The van der Waals surface area contributed by atoms with Gasteiger partial charge in [0.05, 0.1) is 37.6 Å². The fourth-order valence-electron chi connectivity index (χ4n) is 6.04. The molecule has 6 atom stereocenters. The van der Waals surface area contributed by atoms with Gasteiger partial charge in [-0.1, -0.05) is 93.4 Å². The minimum Gasteiger partial charge on any atom is -0.393 e. The second kappa shape index (κ2) is 26.9. The van der Waals surface area contributed by atoms with Crippen molar-refractivity contribution >= 4 is 5.91 Å². The third kappa shape index (κ3) is 15.2. The Morgan fingerprint density at radius 3 is 1.42 bits per heavy atom. The van der Waals surface area contributed by atoms with Crippen LogP contribution in [0.3, 0.4) is 0 Å². The van der Waals surface area contributed by atoms with E-state index in [2.05, 4.69) is 6.92 Å². The van der Waals surface area contributed by atoms with E-state index in [9.17, 15) is 15.0 Å². The topological polar surface area (TPSA) is 139 Å². The molecule has 0 saturated heterocycles. The minimum absolute atomic E-state index is 0.108. The number of amides is 1. The highest BCUT2D eigenvalue weighted by Crippen LogP contribution is 2.49. The summed E-state index contributed by atoms with van der Waals surface area (Å²) in [6, 6.07) is 0. The number of unbranched alkanes of at least 4 members (excludes halogenated alkanes) is 7. The highest BCUT2D eigenvalue weighted by atomic mass is 16.8. The SMILES string of the molecule is CCCCCCCCCCC(OCCC)(OCCC)C(OCCC)(OC(CC)CC(C)O)C(OCCC)(OC(CC)CC(C)O)C(N)=O. The Kier molecular flexibility index (Phi) is 26.4. The van der Waals surface area contributed by atoms with Gasteiger partial charge in [-0.25, -0.2) is 0 Å². The largest absolute Gasteiger partial charge is 0.393 e. The van der Waals surface area contributed by atoms with Crippen molar-refractivity contribution in [3.8, 4) is 0 Å². The van der Waals surface area contributed by atoms with Crippen molar-refractivity contribution in [3.05, 3.63) is 0 Å².